The molecule has 1 aromatic rings. The highest BCUT2D eigenvalue weighted by Crippen LogP contribution is 2.30. The fraction of sp³-hybridized carbons (Fsp3) is 0.500. The summed E-state index contributed by atoms with van der Waals surface area (Å²) < 4.78 is 5.67. The molecule has 2 aliphatic heterocycles. The molecular weight excluding hydrogens is 242 g/mol. The van der Waals surface area contributed by atoms with Crippen molar-refractivity contribution in [2.75, 3.05) is 31.1 Å². The monoisotopic (exact) mass is 261 g/mol. The van der Waals surface area contributed by atoms with Crippen LogP contribution in [0.3, 0.4) is 0 Å². The van der Waals surface area contributed by atoms with Gasteiger partial charge in [0.2, 0.25) is 5.91 Å². The Hall–Kier alpha value is -1.43. The van der Waals surface area contributed by atoms with Crippen LogP contribution in [-0.2, 0) is 22.5 Å². The number of amides is 1. The largest absolute Gasteiger partial charge is 0.374 e. The molecule has 102 valence electrons. The number of rotatable bonds is 3. The first-order valence-electron chi connectivity index (χ1n) is 6.72. The predicted octanol–water partition coefficient (Wildman–Crippen LogP) is 0.0228. The second kappa shape index (κ2) is 5.28. The Labute approximate surface area is 112 Å². The number of benzene rings is 1. The molecule has 1 fully saturated rings. The molecule has 0 bridgehead atoms. The number of carbonyl (C=O) groups is 1. The van der Waals surface area contributed by atoms with E-state index in [-0.39, 0.29) is 12.0 Å². The van der Waals surface area contributed by atoms with E-state index in [1.165, 1.54) is 0 Å². The summed E-state index contributed by atoms with van der Waals surface area (Å²) in [5.41, 5.74) is 8.80. The summed E-state index contributed by atoms with van der Waals surface area (Å²) in [6.45, 7) is 3.55. The van der Waals surface area contributed by atoms with Crippen molar-refractivity contribution in [1.82, 2.24) is 5.32 Å². The Balaban J connectivity index is 1.78. The topological polar surface area (TPSA) is 67.6 Å². The number of ether oxygens (including phenoxy) is 1. The van der Waals surface area contributed by atoms with Crippen molar-refractivity contribution in [2.45, 2.75) is 19.1 Å². The zero-order chi connectivity index (χ0) is 13.2. The molecule has 1 atom stereocenters. The number of hydrogen-bond donors (Lipinski definition) is 2. The van der Waals surface area contributed by atoms with Crippen LogP contribution >= 0.6 is 0 Å². The van der Waals surface area contributed by atoms with Gasteiger partial charge < -0.3 is 20.7 Å². The van der Waals surface area contributed by atoms with Crippen molar-refractivity contribution in [3.05, 3.63) is 29.3 Å². The molecule has 1 unspecified atom stereocenters. The second-order valence-electron chi connectivity index (χ2n) is 5.05. The van der Waals surface area contributed by atoms with Crippen molar-refractivity contribution in [2.24, 2.45) is 5.73 Å². The highest BCUT2D eigenvalue weighted by atomic mass is 16.5. The average Bonchev–Trinajstić information content (AvgIpc) is 2.75. The van der Waals surface area contributed by atoms with Gasteiger partial charge in [-0.05, 0) is 17.2 Å². The molecule has 0 spiro atoms. The summed E-state index contributed by atoms with van der Waals surface area (Å²) in [4.78, 5) is 14.0. The van der Waals surface area contributed by atoms with E-state index in [9.17, 15) is 4.79 Å². The van der Waals surface area contributed by atoms with E-state index in [4.69, 9.17) is 10.5 Å². The standard InChI is InChI=1S/C14H19N3O2/c15-7-10-1-2-13-11(5-10)6-14(18)17(13)9-12-8-16-3-4-19-12/h1-2,5,12,16H,3-4,6-9,15H2. The van der Waals surface area contributed by atoms with Crippen LogP contribution in [-0.4, -0.2) is 38.3 Å². The maximum atomic E-state index is 12.1. The molecule has 3 rings (SSSR count). The summed E-state index contributed by atoms with van der Waals surface area (Å²) in [7, 11) is 0. The predicted molar refractivity (Wildman–Crippen MR) is 73.0 cm³/mol. The molecule has 5 heteroatoms. The lowest BCUT2D eigenvalue weighted by Gasteiger charge is -2.28. The molecule has 0 saturated carbocycles. The van der Waals surface area contributed by atoms with Crippen molar-refractivity contribution in [3.63, 3.8) is 0 Å². The SMILES string of the molecule is NCc1ccc2c(c1)CC(=O)N2CC1CNCCO1. The van der Waals surface area contributed by atoms with Crippen LogP contribution in [0.15, 0.2) is 18.2 Å². The number of morpholine rings is 1. The third-order valence-corrected chi connectivity index (χ3v) is 3.70. The van der Waals surface area contributed by atoms with Crippen molar-refractivity contribution in [3.8, 4) is 0 Å². The number of fused-ring (bicyclic) bond motifs is 1. The van der Waals surface area contributed by atoms with Crippen LogP contribution in [0, 0.1) is 0 Å². The van der Waals surface area contributed by atoms with Gasteiger partial charge in [-0.2, -0.15) is 0 Å². The van der Waals surface area contributed by atoms with Crippen molar-refractivity contribution >= 4 is 11.6 Å². The Bertz CT molecular complexity index is 484. The molecule has 5 nitrogen and oxygen atoms in total. The summed E-state index contributed by atoms with van der Waals surface area (Å²) >= 11 is 0. The second-order valence-corrected chi connectivity index (χ2v) is 5.05. The lowest BCUT2D eigenvalue weighted by atomic mass is 10.1. The van der Waals surface area contributed by atoms with Gasteiger partial charge in [-0.25, -0.2) is 0 Å². The van der Waals surface area contributed by atoms with Crippen LogP contribution in [0.2, 0.25) is 0 Å². The van der Waals surface area contributed by atoms with Crippen LogP contribution in [0.5, 0.6) is 0 Å². The number of carbonyl (C=O) groups excluding carboxylic acids is 1. The molecule has 3 N–H and O–H groups in total. The van der Waals surface area contributed by atoms with Gasteiger partial charge in [-0.3, -0.25) is 4.79 Å². The minimum absolute atomic E-state index is 0.0813. The zero-order valence-corrected chi connectivity index (χ0v) is 10.9. The lowest BCUT2D eigenvalue weighted by molar-refractivity contribution is -0.117. The normalized spacial score (nSPS) is 22.7. The Morgan fingerprint density at radius 2 is 2.37 bits per heavy atom. The number of hydrogen-bond acceptors (Lipinski definition) is 4. The highest BCUT2D eigenvalue weighted by molar-refractivity contribution is 6.01. The third kappa shape index (κ3) is 2.49. The van der Waals surface area contributed by atoms with Crippen LogP contribution < -0.4 is 16.0 Å². The molecule has 2 heterocycles. The number of nitrogens with two attached hydrogens (primary N) is 1. The van der Waals surface area contributed by atoms with Crippen molar-refractivity contribution in [1.29, 1.82) is 0 Å². The summed E-state index contributed by atoms with van der Waals surface area (Å²) in [6.07, 6.45) is 0.557. The van der Waals surface area contributed by atoms with E-state index in [1.807, 2.05) is 23.1 Å². The van der Waals surface area contributed by atoms with E-state index in [1.54, 1.807) is 0 Å². The highest BCUT2D eigenvalue weighted by Gasteiger charge is 2.30. The maximum absolute atomic E-state index is 12.1. The molecule has 0 aliphatic carbocycles. The average molecular weight is 261 g/mol. The molecule has 0 radical (unpaired) electrons. The fourth-order valence-corrected chi connectivity index (χ4v) is 2.70. The van der Waals surface area contributed by atoms with Gasteiger partial charge in [0, 0.05) is 25.3 Å². The summed E-state index contributed by atoms with van der Waals surface area (Å²) in [5.74, 6) is 0.151. The van der Waals surface area contributed by atoms with Gasteiger partial charge in [0.15, 0.2) is 0 Å². The lowest BCUT2D eigenvalue weighted by Crippen LogP contribution is -2.46. The fourth-order valence-electron chi connectivity index (χ4n) is 2.70. The molecule has 1 saturated heterocycles. The molecule has 1 amide bonds. The van der Waals surface area contributed by atoms with Gasteiger partial charge in [-0.15, -0.1) is 0 Å². The zero-order valence-electron chi connectivity index (χ0n) is 10.9. The molecule has 0 aromatic heterocycles. The third-order valence-electron chi connectivity index (χ3n) is 3.70. The summed E-state index contributed by atoms with van der Waals surface area (Å²) in [6, 6.07) is 6.02. The molecular formula is C14H19N3O2. The van der Waals surface area contributed by atoms with Crippen molar-refractivity contribution < 1.29 is 9.53 Å². The van der Waals surface area contributed by atoms with Gasteiger partial charge >= 0.3 is 0 Å². The van der Waals surface area contributed by atoms with Crippen LogP contribution in [0.25, 0.3) is 0 Å². The van der Waals surface area contributed by atoms with E-state index >= 15 is 0 Å². The van der Waals surface area contributed by atoms with Gasteiger partial charge in [0.1, 0.15) is 0 Å². The summed E-state index contributed by atoms with van der Waals surface area (Å²) in [5, 5.41) is 3.29. The maximum Gasteiger partial charge on any atom is 0.231 e. The number of nitrogens with one attached hydrogen (secondary N) is 1. The molecule has 19 heavy (non-hydrogen) atoms. The first-order chi connectivity index (χ1) is 9.28. The Morgan fingerprint density at radius 3 is 3.11 bits per heavy atom. The first-order valence-corrected chi connectivity index (χ1v) is 6.72. The van der Waals surface area contributed by atoms with E-state index in [0.29, 0.717) is 26.1 Å². The minimum atomic E-state index is 0.0813. The van der Waals surface area contributed by atoms with E-state index in [2.05, 4.69) is 5.32 Å². The Morgan fingerprint density at radius 1 is 1.47 bits per heavy atom. The Kier molecular flexibility index (Phi) is 3.50. The minimum Gasteiger partial charge on any atom is -0.374 e. The van der Waals surface area contributed by atoms with Gasteiger partial charge in [0.25, 0.3) is 0 Å². The van der Waals surface area contributed by atoms with E-state index < -0.39 is 0 Å². The van der Waals surface area contributed by atoms with Crippen LogP contribution in [0.4, 0.5) is 5.69 Å². The first kappa shape index (κ1) is 12.6. The van der Waals surface area contributed by atoms with E-state index in [0.717, 1.165) is 29.9 Å². The smallest absolute Gasteiger partial charge is 0.231 e. The van der Waals surface area contributed by atoms with Crippen LogP contribution in [0.1, 0.15) is 11.1 Å². The molecule has 1 aromatic carbocycles. The van der Waals surface area contributed by atoms with Gasteiger partial charge in [-0.1, -0.05) is 12.1 Å². The molecule has 2 aliphatic rings. The number of nitrogens with zero attached hydrogens (tertiary/aromatic N) is 1. The quantitative estimate of drug-likeness (QED) is 0.805. The number of anilines is 1. The van der Waals surface area contributed by atoms with Gasteiger partial charge in [0.05, 0.1) is 25.7 Å².